The highest BCUT2D eigenvalue weighted by Gasteiger charge is 2.90. The quantitative estimate of drug-likeness (QED) is 0.289. The number of H-pyrrole nitrogens is 1. The van der Waals surface area contributed by atoms with Crippen LogP contribution < -0.4 is 4.98 Å². The molecule has 0 amide bonds. The second-order valence-corrected chi connectivity index (χ2v) is 7.94. The molecule has 0 radical (unpaired) electrons. The van der Waals surface area contributed by atoms with Gasteiger partial charge in [0.25, 0.3) is 0 Å². The minimum absolute atomic E-state index is 1.88. The Balaban J connectivity index is 0.00000166. The van der Waals surface area contributed by atoms with Gasteiger partial charge in [-0.1, -0.05) is 6.07 Å². The van der Waals surface area contributed by atoms with Crippen LogP contribution in [0.5, 0.6) is 0 Å². The van der Waals surface area contributed by atoms with Gasteiger partial charge in [0.15, 0.2) is 22.5 Å². The fourth-order valence-corrected chi connectivity index (χ4v) is 2.42. The molecule has 1 aromatic heterocycles. The van der Waals surface area contributed by atoms with E-state index in [-0.39, 0.29) is 0 Å². The van der Waals surface area contributed by atoms with Gasteiger partial charge in [-0.3, -0.25) is 0 Å². The average Bonchev–Trinajstić information content (AvgIpc) is 2.67. The van der Waals surface area contributed by atoms with Crippen LogP contribution in [-0.4, -0.2) is 54.0 Å². The van der Waals surface area contributed by atoms with E-state index in [1.807, 2.05) is 30.6 Å². The van der Waals surface area contributed by atoms with Gasteiger partial charge < -0.3 is 4.55 Å². The molecule has 1 heterocycles. The number of alkyl halides is 15. The third-order valence-corrected chi connectivity index (χ3v) is 4.76. The van der Waals surface area contributed by atoms with Crippen LogP contribution in [0.15, 0.2) is 30.6 Å². The summed E-state index contributed by atoms with van der Waals surface area (Å²) in [7, 11) is -7.92. The second kappa shape index (κ2) is 10.2. The lowest BCUT2D eigenvalue weighted by atomic mass is 9.92. The maximum absolute atomic E-state index is 13.2. The van der Waals surface area contributed by atoms with E-state index in [0.29, 0.717) is 0 Å². The van der Waals surface area contributed by atoms with Gasteiger partial charge in [-0.2, -0.15) is 65.9 Å². The zero-order valence-corrected chi connectivity index (χ0v) is 17.1. The van der Waals surface area contributed by atoms with Crippen LogP contribution in [0.4, 0.5) is 65.9 Å². The molecule has 0 saturated heterocycles. The number of nitrogens with one attached hydrogen (secondary N) is 1. The summed E-state index contributed by atoms with van der Waals surface area (Å²) in [6.45, 7) is 0. The number of hydrogen-bond donors (Lipinski definition) is 0. The Morgan fingerprint density at radius 3 is 1.29 bits per heavy atom. The summed E-state index contributed by atoms with van der Waals surface area (Å²) in [5.74, 6) is -38.9. The largest absolute Gasteiger partial charge is 0.743 e. The standard InChI is InChI=1S/C10H7F15O3S.C5H5N/c11-4(12,2-1-3-5(13,14)15)6(16,17)7(18,19)8(20,21)9(22,23)10(24,25)29(26,27)28;1-2-4-6-5-3-1/h1-3H2,(H,26,27,28);1-5H. The van der Waals surface area contributed by atoms with Gasteiger partial charge in [0, 0.05) is 25.0 Å². The maximum atomic E-state index is 13.2. The molecule has 0 atom stereocenters. The second-order valence-electron chi connectivity index (χ2n) is 6.52. The number of halogens is 15. The van der Waals surface area contributed by atoms with E-state index in [4.69, 9.17) is 0 Å². The molecule has 0 bridgehead atoms. The molecule has 35 heavy (non-hydrogen) atoms. The van der Waals surface area contributed by atoms with E-state index in [1.54, 1.807) is 0 Å². The summed E-state index contributed by atoms with van der Waals surface area (Å²) in [6, 6.07) is 5.86. The average molecular weight is 571 g/mol. The highest BCUT2D eigenvalue weighted by atomic mass is 32.2. The smallest absolute Gasteiger partial charge is 0.402 e. The lowest BCUT2D eigenvalue weighted by Gasteiger charge is -2.41. The lowest BCUT2D eigenvalue weighted by molar-refractivity contribution is -0.417. The van der Waals surface area contributed by atoms with Crippen molar-refractivity contribution >= 4 is 10.1 Å². The van der Waals surface area contributed by atoms with Gasteiger partial charge in [-0.25, -0.2) is 13.4 Å². The van der Waals surface area contributed by atoms with Crippen LogP contribution in [0.1, 0.15) is 19.3 Å². The number of hydrogen-bond acceptors (Lipinski definition) is 3. The summed E-state index contributed by atoms with van der Waals surface area (Å²) < 4.78 is 222. The number of pyridine rings is 1. The van der Waals surface area contributed by atoms with Gasteiger partial charge in [-0.05, 0) is 6.42 Å². The first-order valence-corrected chi connectivity index (χ1v) is 9.81. The lowest BCUT2D eigenvalue weighted by Crippen LogP contribution is -2.71. The Hall–Kier alpha value is -1.99. The third kappa shape index (κ3) is 6.62. The Morgan fingerprint density at radius 2 is 1.00 bits per heavy atom. The highest BCUT2D eigenvalue weighted by Crippen LogP contribution is 2.61. The van der Waals surface area contributed by atoms with Crippen molar-refractivity contribution in [2.45, 2.75) is 60.3 Å². The van der Waals surface area contributed by atoms with Crippen LogP contribution in [0.3, 0.4) is 0 Å². The summed E-state index contributed by atoms with van der Waals surface area (Å²) >= 11 is 0. The fourth-order valence-electron chi connectivity index (χ4n) is 1.97. The number of aromatic amines is 1. The predicted molar refractivity (Wildman–Crippen MR) is 82.3 cm³/mol. The van der Waals surface area contributed by atoms with E-state index >= 15 is 0 Å². The molecule has 1 rings (SSSR count). The van der Waals surface area contributed by atoms with Crippen molar-refractivity contribution in [3.63, 3.8) is 0 Å². The molecule has 1 N–H and O–H groups in total. The summed E-state index contributed by atoms with van der Waals surface area (Å²) in [6.07, 6.45) is -8.93. The van der Waals surface area contributed by atoms with Crippen molar-refractivity contribution in [1.82, 2.24) is 0 Å². The van der Waals surface area contributed by atoms with E-state index in [2.05, 4.69) is 4.98 Å². The molecule has 0 unspecified atom stereocenters. The van der Waals surface area contributed by atoms with E-state index < -0.39 is 70.4 Å². The van der Waals surface area contributed by atoms with Crippen molar-refractivity contribution < 1.29 is 83.8 Å². The molecule has 0 aromatic carbocycles. The third-order valence-electron chi connectivity index (χ3n) is 3.88. The molecular formula is C15H12F15NO3S. The van der Waals surface area contributed by atoms with Crippen LogP contribution >= 0.6 is 0 Å². The van der Waals surface area contributed by atoms with Gasteiger partial charge >= 0.3 is 41.0 Å². The van der Waals surface area contributed by atoms with Crippen LogP contribution in [0.2, 0.25) is 0 Å². The van der Waals surface area contributed by atoms with Crippen LogP contribution in [0, 0.1) is 0 Å². The molecule has 0 aliphatic carbocycles. The first kappa shape index (κ1) is 33.0. The van der Waals surface area contributed by atoms with Gasteiger partial charge in [0.05, 0.1) is 0 Å². The van der Waals surface area contributed by atoms with Gasteiger partial charge in [-0.15, -0.1) is 0 Å². The summed E-state index contributed by atoms with van der Waals surface area (Å²) in [5.41, 5.74) is 0. The monoisotopic (exact) mass is 571 g/mol. The molecule has 206 valence electrons. The van der Waals surface area contributed by atoms with Crippen LogP contribution in [0.25, 0.3) is 0 Å². The molecule has 0 aliphatic heterocycles. The molecule has 0 aliphatic rings. The van der Waals surface area contributed by atoms with Crippen LogP contribution in [-0.2, 0) is 10.1 Å². The van der Waals surface area contributed by atoms with Crippen molar-refractivity contribution in [3.05, 3.63) is 30.6 Å². The zero-order valence-electron chi connectivity index (χ0n) is 16.3. The fraction of sp³-hybridized carbons (Fsp3) is 0.667. The summed E-state index contributed by atoms with van der Waals surface area (Å²) in [5, 5.41) is -7.67. The Bertz CT molecular complexity index is 891. The molecule has 4 nitrogen and oxygen atoms in total. The van der Waals surface area contributed by atoms with Gasteiger partial charge in [0.2, 0.25) is 0 Å². The minimum Gasteiger partial charge on any atom is -0.743 e. The normalized spacial score (nSPS) is 14.9. The number of rotatable bonds is 9. The first-order valence-electron chi connectivity index (χ1n) is 8.41. The van der Waals surface area contributed by atoms with Gasteiger partial charge in [0.1, 0.15) is 0 Å². The molecule has 1 aromatic rings. The Kier molecular flexibility index (Phi) is 9.59. The van der Waals surface area contributed by atoms with Crippen molar-refractivity contribution in [3.8, 4) is 0 Å². The van der Waals surface area contributed by atoms with Crippen molar-refractivity contribution in [1.29, 1.82) is 0 Å². The topological polar surface area (TPSA) is 71.3 Å². The predicted octanol–water partition coefficient (Wildman–Crippen LogP) is 5.53. The van der Waals surface area contributed by atoms with E-state index in [9.17, 15) is 78.8 Å². The SMILES string of the molecule is O=S(=O)([O-])C(F)(F)C(F)(F)C(F)(F)C(F)(F)C(F)(F)C(F)(F)CCCC(F)(F)F.c1cc[nH+]cc1. The highest BCUT2D eigenvalue weighted by molar-refractivity contribution is 7.86. The molecule has 0 saturated carbocycles. The van der Waals surface area contributed by atoms with E-state index in [1.165, 1.54) is 0 Å². The Labute approximate surface area is 185 Å². The first-order chi connectivity index (χ1) is 15.2. The zero-order chi connectivity index (χ0) is 28.4. The minimum atomic E-state index is -8.29. The molecule has 0 spiro atoms. The molecular weight excluding hydrogens is 559 g/mol. The maximum Gasteiger partial charge on any atom is 0.402 e. The molecule has 20 heteroatoms. The van der Waals surface area contributed by atoms with Crippen molar-refractivity contribution in [2.75, 3.05) is 0 Å². The summed E-state index contributed by atoms with van der Waals surface area (Å²) in [4.78, 5) is 2.89. The van der Waals surface area contributed by atoms with E-state index in [0.717, 1.165) is 0 Å². The number of aromatic nitrogens is 1. The Morgan fingerprint density at radius 1 is 0.600 bits per heavy atom. The van der Waals surface area contributed by atoms with Crippen molar-refractivity contribution in [2.24, 2.45) is 0 Å². The molecule has 0 fully saturated rings.